The van der Waals surface area contributed by atoms with E-state index in [-0.39, 0.29) is 10.9 Å². The van der Waals surface area contributed by atoms with Crippen LogP contribution >= 0.6 is 0 Å². The van der Waals surface area contributed by atoms with Gasteiger partial charge in [-0.2, -0.15) is 0 Å². The lowest BCUT2D eigenvalue weighted by atomic mass is 10.2. The number of hydrogen-bond acceptors (Lipinski definition) is 3. The smallest absolute Gasteiger partial charge is 0.269 e. The molecule has 0 unspecified atom stereocenters. The Morgan fingerprint density at radius 3 is 2.29 bits per heavy atom. The van der Waals surface area contributed by atoms with Crippen molar-refractivity contribution in [2.75, 3.05) is 20.8 Å². The van der Waals surface area contributed by atoms with Crippen molar-refractivity contribution in [2.24, 2.45) is 0 Å². The molecule has 0 spiro atoms. The van der Waals surface area contributed by atoms with E-state index in [4.69, 9.17) is 9.26 Å². The lowest BCUT2D eigenvalue weighted by molar-refractivity contribution is -0.162. The minimum absolute atomic E-state index is 0.189. The van der Waals surface area contributed by atoms with Crippen LogP contribution in [0.3, 0.4) is 0 Å². The number of hydroxylamine groups is 2. The summed E-state index contributed by atoms with van der Waals surface area (Å²) in [5.41, 5.74) is 0. The highest BCUT2D eigenvalue weighted by atomic mass is 28.4. The summed E-state index contributed by atoms with van der Waals surface area (Å²) < 4.78 is 5.90. The van der Waals surface area contributed by atoms with Crippen molar-refractivity contribution >= 4 is 14.2 Å². The van der Waals surface area contributed by atoms with E-state index in [9.17, 15) is 4.79 Å². The molecule has 0 N–H and O–H groups in total. The number of likely N-dealkylation sites (N-methyl/N-ethyl adjacent to an activating group) is 1. The molecule has 17 heavy (non-hydrogen) atoms. The zero-order chi connectivity index (χ0) is 13.7. The minimum Gasteiger partial charge on any atom is -0.413 e. The Hall–Kier alpha value is -0.653. The SMILES string of the molecule is CON(C)C(=O)/C=C/CO[Si](C)(C)C(C)(C)C. The maximum Gasteiger partial charge on any atom is 0.269 e. The summed E-state index contributed by atoms with van der Waals surface area (Å²) in [7, 11) is 1.31. The molecule has 0 atom stereocenters. The third kappa shape index (κ3) is 5.47. The van der Waals surface area contributed by atoms with Crippen LogP contribution in [0, 0.1) is 0 Å². The van der Waals surface area contributed by atoms with Gasteiger partial charge in [0.1, 0.15) is 0 Å². The quantitative estimate of drug-likeness (QED) is 0.433. The van der Waals surface area contributed by atoms with Crippen LogP contribution in [-0.2, 0) is 14.1 Å². The van der Waals surface area contributed by atoms with Crippen LogP contribution in [0.1, 0.15) is 20.8 Å². The molecule has 0 aliphatic carbocycles. The first-order chi connectivity index (χ1) is 7.62. The van der Waals surface area contributed by atoms with Crippen molar-refractivity contribution < 1.29 is 14.1 Å². The molecule has 1 amide bonds. The van der Waals surface area contributed by atoms with E-state index in [2.05, 4.69) is 33.9 Å². The molecule has 0 fully saturated rings. The third-order valence-electron chi connectivity index (χ3n) is 3.19. The average Bonchev–Trinajstić information content (AvgIpc) is 2.21. The van der Waals surface area contributed by atoms with E-state index >= 15 is 0 Å². The molecule has 100 valence electrons. The Balaban J connectivity index is 4.16. The van der Waals surface area contributed by atoms with Crippen molar-refractivity contribution in [1.29, 1.82) is 0 Å². The Morgan fingerprint density at radius 2 is 1.88 bits per heavy atom. The normalized spacial score (nSPS) is 13.1. The number of amides is 1. The average molecular weight is 259 g/mol. The zero-order valence-corrected chi connectivity index (χ0v) is 13.0. The number of hydrogen-bond donors (Lipinski definition) is 0. The highest BCUT2D eigenvalue weighted by Crippen LogP contribution is 2.36. The van der Waals surface area contributed by atoms with E-state index in [1.807, 2.05) is 0 Å². The Morgan fingerprint density at radius 1 is 1.35 bits per heavy atom. The topological polar surface area (TPSA) is 38.8 Å². The van der Waals surface area contributed by atoms with Gasteiger partial charge in [0.25, 0.3) is 5.91 Å². The summed E-state index contributed by atoms with van der Waals surface area (Å²) in [6.07, 6.45) is 3.20. The van der Waals surface area contributed by atoms with Crippen LogP contribution in [0.5, 0.6) is 0 Å². The van der Waals surface area contributed by atoms with Crippen LogP contribution in [-0.4, -0.2) is 40.1 Å². The fourth-order valence-electron chi connectivity index (χ4n) is 0.817. The van der Waals surface area contributed by atoms with Gasteiger partial charge in [-0.25, -0.2) is 5.06 Å². The highest BCUT2D eigenvalue weighted by molar-refractivity contribution is 6.74. The lowest BCUT2D eigenvalue weighted by Crippen LogP contribution is -2.40. The molecular weight excluding hydrogens is 234 g/mol. The Kier molecular flexibility index (Phi) is 6.08. The van der Waals surface area contributed by atoms with Crippen LogP contribution in [0.2, 0.25) is 18.1 Å². The molecule has 0 rings (SSSR count). The summed E-state index contributed by atoms with van der Waals surface area (Å²) in [5, 5.41) is 1.36. The largest absolute Gasteiger partial charge is 0.413 e. The molecule has 0 aromatic carbocycles. The van der Waals surface area contributed by atoms with Crippen molar-refractivity contribution in [3.05, 3.63) is 12.2 Å². The predicted molar refractivity (Wildman–Crippen MR) is 72.1 cm³/mol. The van der Waals surface area contributed by atoms with Gasteiger partial charge in [0.05, 0.1) is 13.7 Å². The van der Waals surface area contributed by atoms with E-state index in [1.165, 1.54) is 18.2 Å². The van der Waals surface area contributed by atoms with Gasteiger partial charge < -0.3 is 4.43 Å². The van der Waals surface area contributed by atoms with Crippen molar-refractivity contribution in [3.8, 4) is 0 Å². The first-order valence-electron chi connectivity index (χ1n) is 5.74. The van der Waals surface area contributed by atoms with Gasteiger partial charge in [0, 0.05) is 13.1 Å². The second-order valence-corrected chi connectivity index (χ2v) is 10.3. The van der Waals surface area contributed by atoms with Gasteiger partial charge in [-0.05, 0) is 18.1 Å². The predicted octanol–water partition coefficient (Wildman–Crippen LogP) is 2.58. The third-order valence-corrected chi connectivity index (χ3v) is 7.69. The van der Waals surface area contributed by atoms with Gasteiger partial charge in [0.15, 0.2) is 8.32 Å². The fraction of sp³-hybridized carbons (Fsp3) is 0.750. The Labute approximate surface area is 106 Å². The van der Waals surface area contributed by atoms with E-state index in [0.717, 1.165) is 0 Å². The molecule has 0 heterocycles. The van der Waals surface area contributed by atoms with E-state index in [0.29, 0.717) is 6.61 Å². The highest BCUT2D eigenvalue weighted by Gasteiger charge is 2.36. The zero-order valence-electron chi connectivity index (χ0n) is 12.0. The van der Waals surface area contributed by atoms with Gasteiger partial charge in [-0.1, -0.05) is 26.8 Å². The second kappa shape index (κ2) is 6.33. The first-order valence-corrected chi connectivity index (χ1v) is 8.65. The van der Waals surface area contributed by atoms with Gasteiger partial charge in [-0.3, -0.25) is 9.63 Å². The van der Waals surface area contributed by atoms with Crippen LogP contribution in [0.25, 0.3) is 0 Å². The standard InChI is InChI=1S/C12H25NO3Si/c1-12(2,3)17(6,7)16-10-8-9-11(14)13(4)15-5/h8-9H,10H2,1-7H3/b9-8+. The number of nitrogens with zero attached hydrogens (tertiary/aromatic N) is 1. The summed E-state index contributed by atoms with van der Waals surface area (Å²) in [6.45, 7) is 11.4. The molecule has 0 aromatic rings. The summed E-state index contributed by atoms with van der Waals surface area (Å²) in [4.78, 5) is 16.1. The first kappa shape index (κ1) is 16.3. The molecule has 0 aromatic heterocycles. The van der Waals surface area contributed by atoms with Crippen molar-refractivity contribution in [1.82, 2.24) is 5.06 Å². The molecule has 0 aliphatic heterocycles. The second-order valence-electron chi connectivity index (χ2n) is 5.49. The summed E-state index contributed by atoms with van der Waals surface area (Å²) >= 11 is 0. The molecule has 0 bridgehead atoms. The summed E-state index contributed by atoms with van der Waals surface area (Å²) in [5.74, 6) is -0.189. The minimum atomic E-state index is -1.72. The molecular formula is C12H25NO3Si. The monoisotopic (exact) mass is 259 g/mol. The van der Waals surface area contributed by atoms with Crippen LogP contribution in [0.4, 0.5) is 0 Å². The molecule has 0 saturated carbocycles. The van der Waals surface area contributed by atoms with Crippen molar-refractivity contribution in [2.45, 2.75) is 38.9 Å². The number of carbonyl (C=O) groups is 1. The molecule has 4 nitrogen and oxygen atoms in total. The molecule has 0 radical (unpaired) electrons. The van der Waals surface area contributed by atoms with E-state index in [1.54, 1.807) is 13.1 Å². The van der Waals surface area contributed by atoms with E-state index < -0.39 is 8.32 Å². The molecule has 5 heteroatoms. The van der Waals surface area contributed by atoms with Gasteiger partial charge >= 0.3 is 0 Å². The molecule has 0 saturated heterocycles. The maximum absolute atomic E-state index is 11.4. The number of rotatable bonds is 5. The Bertz CT molecular complexity index is 282. The summed E-state index contributed by atoms with van der Waals surface area (Å²) in [6, 6.07) is 0. The fourth-order valence-corrected chi connectivity index (χ4v) is 1.76. The van der Waals surface area contributed by atoms with Crippen molar-refractivity contribution in [3.63, 3.8) is 0 Å². The molecule has 0 aliphatic rings. The number of carbonyl (C=O) groups excluding carboxylic acids is 1. The van der Waals surface area contributed by atoms with Gasteiger partial charge in [-0.15, -0.1) is 0 Å². The van der Waals surface area contributed by atoms with Crippen LogP contribution in [0.15, 0.2) is 12.2 Å². The lowest BCUT2D eigenvalue weighted by Gasteiger charge is -2.35. The van der Waals surface area contributed by atoms with Crippen LogP contribution < -0.4 is 0 Å². The van der Waals surface area contributed by atoms with Gasteiger partial charge in [0.2, 0.25) is 0 Å². The maximum atomic E-state index is 11.4.